The summed E-state index contributed by atoms with van der Waals surface area (Å²) in [6, 6.07) is 7.87. The number of carbonyl (C=O) groups is 1. The highest BCUT2D eigenvalue weighted by Crippen LogP contribution is 2.37. The van der Waals surface area contributed by atoms with Crippen molar-refractivity contribution in [2.24, 2.45) is 11.8 Å². The highest BCUT2D eigenvalue weighted by molar-refractivity contribution is 5.73. The number of benzene rings is 1. The number of rotatable bonds is 6. The van der Waals surface area contributed by atoms with Gasteiger partial charge in [-0.2, -0.15) is 0 Å². The number of ether oxygens (including phenoxy) is 3. The van der Waals surface area contributed by atoms with E-state index in [9.17, 15) is 4.79 Å². The molecule has 0 saturated heterocycles. The summed E-state index contributed by atoms with van der Waals surface area (Å²) in [7, 11) is 3.11. The number of methoxy groups -OCH3 is 2. The Bertz CT molecular complexity index is 454. The molecule has 1 fully saturated rings. The van der Waals surface area contributed by atoms with Crippen LogP contribution in [0, 0.1) is 11.8 Å². The van der Waals surface area contributed by atoms with E-state index in [0.29, 0.717) is 12.5 Å². The second-order valence-corrected chi connectivity index (χ2v) is 5.55. The Hall–Kier alpha value is -1.55. The standard InChI is InChI=1S/C17H24O4/c1-4-13-9-15(10-16(13)17(18)20-3)21-11-12-5-7-14(19-2)8-6-12/h5-8,13,15-16H,4,9-11H2,1-3H3. The smallest absolute Gasteiger partial charge is 0.309 e. The van der Waals surface area contributed by atoms with Crippen LogP contribution in [0.25, 0.3) is 0 Å². The van der Waals surface area contributed by atoms with E-state index in [2.05, 4.69) is 6.92 Å². The van der Waals surface area contributed by atoms with Gasteiger partial charge < -0.3 is 14.2 Å². The van der Waals surface area contributed by atoms with Crippen molar-refractivity contribution >= 4 is 5.97 Å². The number of carbonyl (C=O) groups excluding carboxylic acids is 1. The molecule has 0 bridgehead atoms. The summed E-state index contributed by atoms with van der Waals surface area (Å²) in [5.41, 5.74) is 1.12. The zero-order valence-corrected chi connectivity index (χ0v) is 13.0. The van der Waals surface area contributed by atoms with E-state index in [1.165, 1.54) is 7.11 Å². The molecule has 2 rings (SSSR count). The first-order valence-electron chi connectivity index (χ1n) is 7.50. The molecule has 0 aliphatic heterocycles. The van der Waals surface area contributed by atoms with Crippen LogP contribution in [-0.2, 0) is 20.9 Å². The van der Waals surface area contributed by atoms with E-state index in [1.807, 2.05) is 24.3 Å². The van der Waals surface area contributed by atoms with Gasteiger partial charge in [0.15, 0.2) is 0 Å². The summed E-state index contributed by atoms with van der Waals surface area (Å²) in [6.45, 7) is 2.69. The first-order valence-corrected chi connectivity index (χ1v) is 7.50. The largest absolute Gasteiger partial charge is 0.497 e. The van der Waals surface area contributed by atoms with E-state index in [0.717, 1.165) is 30.6 Å². The molecule has 4 nitrogen and oxygen atoms in total. The molecule has 4 heteroatoms. The van der Waals surface area contributed by atoms with Gasteiger partial charge >= 0.3 is 5.97 Å². The summed E-state index contributed by atoms with van der Waals surface area (Å²) in [6.07, 6.45) is 2.83. The lowest BCUT2D eigenvalue weighted by Crippen LogP contribution is -2.20. The highest BCUT2D eigenvalue weighted by Gasteiger charge is 2.38. The Morgan fingerprint density at radius 3 is 2.48 bits per heavy atom. The minimum atomic E-state index is -0.0996. The van der Waals surface area contributed by atoms with Crippen LogP contribution >= 0.6 is 0 Å². The quantitative estimate of drug-likeness (QED) is 0.755. The van der Waals surface area contributed by atoms with Gasteiger partial charge in [-0.1, -0.05) is 25.5 Å². The molecule has 0 aromatic heterocycles. The fourth-order valence-electron chi connectivity index (χ4n) is 3.04. The Balaban J connectivity index is 1.87. The monoisotopic (exact) mass is 292 g/mol. The maximum atomic E-state index is 11.8. The molecule has 1 saturated carbocycles. The van der Waals surface area contributed by atoms with Gasteiger partial charge in [0, 0.05) is 0 Å². The first kappa shape index (κ1) is 15.8. The molecule has 21 heavy (non-hydrogen) atoms. The zero-order chi connectivity index (χ0) is 15.2. The Kier molecular flexibility index (Phi) is 5.62. The van der Waals surface area contributed by atoms with Crippen molar-refractivity contribution in [2.45, 2.75) is 38.9 Å². The average molecular weight is 292 g/mol. The van der Waals surface area contributed by atoms with E-state index < -0.39 is 0 Å². The fourth-order valence-corrected chi connectivity index (χ4v) is 3.04. The molecule has 116 valence electrons. The van der Waals surface area contributed by atoms with Gasteiger partial charge in [-0.3, -0.25) is 4.79 Å². The summed E-state index contributed by atoms with van der Waals surface area (Å²) >= 11 is 0. The summed E-state index contributed by atoms with van der Waals surface area (Å²) < 4.78 is 16.0. The lowest BCUT2D eigenvalue weighted by Gasteiger charge is -2.13. The van der Waals surface area contributed by atoms with Crippen molar-refractivity contribution < 1.29 is 19.0 Å². The van der Waals surface area contributed by atoms with Gasteiger partial charge in [-0.05, 0) is 36.5 Å². The van der Waals surface area contributed by atoms with Crippen LogP contribution in [0.5, 0.6) is 5.75 Å². The average Bonchev–Trinajstić information content (AvgIpc) is 2.96. The fraction of sp³-hybridized carbons (Fsp3) is 0.588. The topological polar surface area (TPSA) is 44.8 Å². The van der Waals surface area contributed by atoms with Crippen LogP contribution in [0.4, 0.5) is 0 Å². The van der Waals surface area contributed by atoms with Crippen molar-refractivity contribution in [3.8, 4) is 5.75 Å². The molecule has 3 atom stereocenters. The van der Waals surface area contributed by atoms with Gasteiger partial charge in [-0.25, -0.2) is 0 Å². The summed E-state index contributed by atoms with van der Waals surface area (Å²) in [4.78, 5) is 11.8. The van der Waals surface area contributed by atoms with Gasteiger partial charge in [0.25, 0.3) is 0 Å². The van der Waals surface area contributed by atoms with Crippen molar-refractivity contribution in [3.05, 3.63) is 29.8 Å². The Morgan fingerprint density at radius 1 is 1.19 bits per heavy atom. The maximum Gasteiger partial charge on any atom is 0.309 e. The molecule has 0 spiro atoms. The van der Waals surface area contributed by atoms with Crippen molar-refractivity contribution in [1.29, 1.82) is 0 Å². The second-order valence-electron chi connectivity index (χ2n) is 5.55. The van der Waals surface area contributed by atoms with E-state index in [-0.39, 0.29) is 18.0 Å². The predicted octanol–water partition coefficient (Wildman–Crippen LogP) is 3.19. The number of esters is 1. The lowest BCUT2D eigenvalue weighted by atomic mass is 9.94. The van der Waals surface area contributed by atoms with Crippen LogP contribution < -0.4 is 4.74 Å². The minimum Gasteiger partial charge on any atom is -0.497 e. The predicted molar refractivity (Wildman–Crippen MR) is 80.1 cm³/mol. The third kappa shape index (κ3) is 3.97. The normalized spacial score (nSPS) is 24.8. The first-order chi connectivity index (χ1) is 10.2. The molecule has 0 N–H and O–H groups in total. The molecule has 0 radical (unpaired) electrons. The molecule has 3 unspecified atom stereocenters. The second kappa shape index (κ2) is 7.46. The molecular weight excluding hydrogens is 268 g/mol. The number of hydrogen-bond acceptors (Lipinski definition) is 4. The molecular formula is C17H24O4. The van der Waals surface area contributed by atoms with Crippen LogP contribution in [0.15, 0.2) is 24.3 Å². The van der Waals surface area contributed by atoms with Crippen molar-refractivity contribution in [2.75, 3.05) is 14.2 Å². The number of hydrogen-bond donors (Lipinski definition) is 0. The molecule has 1 aliphatic carbocycles. The molecule has 0 heterocycles. The molecule has 1 aromatic rings. The maximum absolute atomic E-state index is 11.8. The Labute approximate surface area is 126 Å². The van der Waals surface area contributed by atoms with Crippen molar-refractivity contribution in [1.82, 2.24) is 0 Å². The van der Waals surface area contributed by atoms with Crippen LogP contribution in [0.1, 0.15) is 31.7 Å². The minimum absolute atomic E-state index is 0.0131. The third-order valence-electron chi connectivity index (χ3n) is 4.32. The van der Waals surface area contributed by atoms with Crippen LogP contribution in [-0.4, -0.2) is 26.3 Å². The van der Waals surface area contributed by atoms with Crippen molar-refractivity contribution in [3.63, 3.8) is 0 Å². The molecule has 0 amide bonds. The molecule has 1 aliphatic rings. The summed E-state index contributed by atoms with van der Waals surface area (Å²) in [5.74, 6) is 1.10. The SMILES string of the molecule is CCC1CC(OCc2ccc(OC)cc2)CC1C(=O)OC. The van der Waals surface area contributed by atoms with Gasteiger partial charge in [0.05, 0.1) is 32.8 Å². The third-order valence-corrected chi connectivity index (χ3v) is 4.32. The Morgan fingerprint density at radius 2 is 1.90 bits per heavy atom. The zero-order valence-electron chi connectivity index (χ0n) is 13.0. The molecule has 1 aromatic carbocycles. The van der Waals surface area contributed by atoms with Crippen LogP contribution in [0.2, 0.25) is 0 Å². The summed E-state index contributed by atoms with van der Waals surface area (Å²) in [5, 5.41) is 0. The van der Waals surface area contributed by atoms with E-state index in [1.54, 1.807) is 7.11 Å². The van der Waals surface area contributed by atoms with Gasteiger partial charge in [0.2, 0.25) is 0 Å². The van der Waals surface area contributed by atoms with E-state index >= 15 is 0 Å². The van der Waals surface area contributed by atoms with Crippen LogP contribution in [0.3, 0.4) is 0 Å². The highest BCUT2D eigenvalue weighted by atomic mass is 16.5. The van der Waals surface area contributed by atoms with E-state index in [4.69, 9.17) is 14.2 Å². The van der Waals surface area contributed by atoms with Gasteiger partial charge in [-0.15, -0.1) is 0 Å². The van der Waals surface area contributed by atoms with Gasteiger partial charge in [0.1, 0.15) is 5.75 Å². The lowest BCUT2D eigenvalue weighted by molar-refractivity contribution is -0.147.